The molecular formula is C13H23N5O. The molecule has 1 heterocycles. The van der Waals surface area contributed by atoms with Crippen LogP contribution in [0.2, 0.25) is 0 Å². The van der Waals surface area contributed by atoms with E-state index in [1.165, 1.54) is 12.8 Å². The number of imidazole rings is 1. The Balaban J connectivity index is 1.52. The summed E-state index contributed by atoms with van der Waals surface area (Å²) in [4.78, 5) is 4.02. The molecule has 0 aromatic carbocycles. The van der Waals surface area contributed by atoms with Crippen molar-refractivity contribution in [2.24, 2.45) is 16.3 Å². The number of hydrogen-bond acceptors (Lipinski definition) is 4. The number of nitrogens with zero attached hydrogens (tertiary/aromatic N) is 3. The number of aryl methyl sites for hydroxylation is 1. The molecule has 0 bridgehead atoms. The summed E-state index contributed by atoms with van der Waals surface area (Å²) in [7, 11) is 0. The van der Waals surface area contributed by atoms with Crippen LogP contribution in [0, 0.1) is 5.41 Å². The third kappa shape index (κ3) is 4.55. The second-order valence-electron chi connectivity index (χ2n) is 5.45. The summed E-state index contributed by atoms with van der Waals surface area (Å²) in [6, 6.07) is 0. The second kappa shape index (κ2) is 6.56. The van der Waals surface area contributed by atoms with Gasteiger partial charge in [0.15, 0.2) is 0 Å². The van der Waals surface area contributed by atoms with Gasteiger partial charge in [0.25, 0.3) is 0 Å². The van der Waals surface area contributed by atoms with Crippen molar-refractivity contribution >= 4 is 5.84 Å². The molecule has 0 atom stereocenters. The molecule has 1 saturated carbocycles. The van der Waals surface area contributed by atoms with Gasteiger partial charge in [0.2, 0.25) is 0 Å². The molecule has 1 aromatic heterocycles. The highest BCUT2D eigenvalue weighted by Crippen LogP contribution is 2.48. The Bertz CT molecular complexity index is 397. The summed E-state index contributed by atoms with van der Waals surface area (Å²) >= 11 is 0. The SMILES string of the molecule is NC(CC1(CNCCCCn2ccnc2)CC1)=NO. The normalized spacial score (nSPS) is 17.6. The molecule has 1 aliphatic rings. The van der Waals surface area contributed by atoms with E-state index in [9.17, 15) is 0 Å². The van der Waals surface area contributed by atoms with Crippen molar-refractivity contribution in [3.63, 3.8) is 0 Å². The van der Waals surface area contributed by atoms with Gasteiger partial charge in [-0.15, -0.1) is 0 Å². The number of rotatable bonds is 9. The van der Waals surface area contributed by atoms with E-state index in [0.29, 0.717) is 12.3 Å². The molecule has 0 amide bonds. The molecule has 6 nitrogen and oxygen atoms in total. The Morgan fingerprint density at radius 1 is 1.47 bits per heavy atom. The Hall–Kier alpha value is -1.56. The van der Waals surface area contributed by atoms with Crippen LogP contribution in [-0.2, 0) is 6.54 Å². The van der Waals surface area contributed by atoms with Crippen molar-refractivity contribution in [2.45, 2.75) is 38.6 Å². The lowest BCUT2D eigenvalue weighted by Crippen LogP contribution is -2.29. The first kappa shape index (κ1) is 13.9. The quantitative estimate of drug-likeness (QED) is 0.206. The van der Waals surface area contributed by atoms with Crippen molar-refractivity contribution in [3.8, 4) is 0 Å². The molecule has 19 heavy (non-hydrogen) atoms. The Morgan fingerprint density at radius 2 is 2.32 bits per heavy atom. The molecule has 2 rings (SSSR count). The Kier molecular flexibility index (Phi) is 4.79. The minimum atomic E-state index is 0.251. The van der Waals surface area contributed by atoms with Crippen LogP contribution in [0.1, 0.15) is 32.1 Å². The summed E-state index contributed by atoms with van der Waals surface area (Å²) < 4.78 is 2.10. The van der Waals surface area contributed by atoms with Gasteiger partial charge in [-0.25, -0.2) is 4.98 Å². The van der Waals surface area contributed by atoms with E-state index in [4.69, 9.17) is 10.9 Å². The smallest absolute Gasteiger partial charge is 0.139 e. The molecule has 0 unspecified atom stereocenters. The fourth-order valence-electron chi connectivity index (χ4n) is 2.33. The molecule has 0 saturated heterocycles. The predicted octanol–water partition coefficient (Wildman–Crippen LogP) is 1.17. The predicted molar refractivity (Wildman–Crippen MR) is 74.0 cm³/mol. The number of aromatic nitrogens is 2. The van der Waals surface area contributed by atoms with Gasteiger partial charge in [0.05, 0.1) is 6.33 Å². The van der Waals surface area contributed by atoms with Gasteiger partial charge in [0.1, 0.15) is 5.84 Å². The number of nitrogens with two attached hydrogens (primary N) is 1. The van der Waals surface area contributed by atoms with E-state index in [-0.39, 0.29) is 5.41 Å². The number of hydrogen-bond donors (Lipinski definition) is 3. The number of amidine groups is 1. The Labute approximate surface area is 113 Å². The first-order valence-electron chi connectivity index (χ1n) is 6.87. The lowest BCUT2D eigenvalue weighted by molar-refractivity contribution is 0.314. The summed E-state index contributed by atoms with van der Waals surface area (Å²) in [6.07, 6.45) is 11.0. The average Bonchev–Trinajstić information content (AvgIpc) is 2.97. The van der Waals surface area contributed by atoms with Crippen LogP contribution in [0.5, 0.6) is 0 Å². The molecule has 0 radical (unpaired) electrons. The average molecular weight is 265 g/mol. The first-order valence-corrected chi connectivity index (χ1v) is 6.87. The summed E-state index contributed by atoms with van der Waals surface area (Å²) in [6.45, 7) is 3.01. The molecule has 1 aromatic rings. The monoisotopic (exact) mass is 265 g/mol. The third-order valence-corrected chi connectivity index (χ3v) is 3.72. The van der Waals surface area contributed by atoms with Crippen LogP contribution >= 0.6 is 0 Å². The number of oxime groups is 1. The van der Waals surface area contributed by atoms with Gasteiger partial charge in [-0.3, -0.25) is 0 Å². The van der Waals surface area contributed by atoms with E-state index >= 15 is 0 Å². The van der Waals surface area contributed by atoms with Crippen LogP contribution in [0.3, 0.4) is 0 Å². The first-order chi connectivity index (χ1) is 9.24. The van der Waals surface area contributed by atoms with Crippen LogP contribution in [0.15, 0.2) is 23.9 Å². The zero-order valence-electron chi connectivity index (χ0n) is 11.3. The summed E-state index contributed by atoms with van der Waals surface area (Å²) in [5.74, 6) is 0.347. The van der Waals surface area contributed by atoms with Gasteiger partial charge in [0, 0.05) is 31.9 Å². The molecule has 4 N–H and O–H groups in total. The maximum Gasteiger partial charge on any atom is 0.139 e. The molecule has 1 fully saturated rings. The summed E-state index contributed by atoms with van der Waals surface area (Å²) in [5.41, 5.74) is 5.82. The third-order valence-electron chi connectivity index (χ3n) is 3.72. The van der Waals surface area contributed by atoms with Crippen molar-refractivity contribution in [3.05, 3.63) is 18.7 Å². The van der Waals surface area contributed by atoms with Crippen LogP contribution < -0.4 is 11.1 Å². The highest BCUT2D eigenvalue weighted by atomic mass is 16.4. The maximum absolute atomic E-state index is 8.59. The number of unbranched alkanes of at least 4 members (excludes halogenated alkanes) is 1. The highest BCUT2D eigenvalue weighted by Gasteiger charge is 2.42. The zero-order valence-corrected chi connectivity index (χ0v) is 11.3. The van der Waals surface area contributed by atoms with E-state index in [1.807, 2.05) is 18.7 Å². The second-order valence-corrected chi connectivity index (χ2v) is 5.45. The zero-order chi connectivity index (χ0) is 13.6. The van der Waals surface area contributed by atoms with E-state index < -0.39 is 0 Å². The fourth-order valence-corrected chi connectivity index (χ4v) is 2.33. The molecule has 0 spiro atoms. The fraction of sp³-hybridized carbons (Fsp3) is 0.692. The largest absolute Gasteiger partial charge is 0.409 e. The van der Waals surface area contributed by atoms with Crippen LogP contribution in [0.25, 0.3) is 0 Å². The van der Waals surface area contributed by atoms with Crippen LogP contribution in [0.4, 0.5) is 0 Å². The van der Waals surface area contributed by atoms with Crippen molar-refractivity contribution in [1.29, 1.82) is 0 Å². The topological polar surface area (TPSA) is 88.5 Å². The van der Waals surface area contributed by atoms with Gasteiger partial charge >= 0.3 is 0 Å². The lowest BCUT2D eigenvalue weighted by atomic mass is 10.0. The van der Waals surface area contributed by atoms with E-state index in [2.05, 4.69) is 20.0 Å². The summed E-state index contributed by atoms with van der Waals surface area (Å²) in [5, 5.41) is 15.1. The van der Waals surface area contributed by atoms with Crippen molar-refractivity contribution in [2.75, 3.05) is 13.1 Å². The highest BCUT2D eigenvalue weighted by molar-refractivity contribution is 5.80. The minimum absolute atomic E-state index is 0.251. The van der Waals surface area contributed by atoms with Crippen molar-refractivity contribution in [1.82, 2.24) is 14.9 Å². The van der Waals surface area contributed by atoms with E-state index in [1.54, 1.807) is 0 Å². The maximum atomic E-state index is 8.59. The lowest BCUT2D eigenvalue weighted by Gasteiger charge is -2.15. The molecule has 1 aliphatic carbocycles. The van der Waals surface area contributed by atoms with Gasteiger partial charge in [-0.2, -0.15) is 0 Å². The van der Waals surface area contributed by atoms with Gasteiger partial charge in [-0.1, -0.05) is 5.16 Å². The minimum Gasteiger partial charge on any atom is -0.409 e. The van der Waals surface area contributed by atoms with Crippen LogP contribution in [-0.4, -0.2) is 33.7 Å². The molecule has 0 aliphatic heterocycles. The molecule has 6 heteroatoms. The standard InChI is InChI=1S/C13H23N5O/c14-12(17-19)9-13(3-4-13)10-15-5-1-2-7-18-8-6-16-11-18/h6,8,11,15,19H,1-5,7,9-10H2,(H2,14,17). The number of nitrogens with one attached hydrogen (secondary N) is 1. The van der Waals surface area contributed by atoms with E-state index in [0.717, 1.165) is 32.5 Å². The van der Waals surface area contributed by atoms with Gasteiger partial charge < -0.3 is 20.8 Å². The molecular weight excluding hydrogens is 242 g/mol. The Morgan fingerprint density at radius 3 is 2.95 bits per heavy atom. The van der Waals surface area contributed by atoms with Crippen molar-refractivity contribution < 1.29 is 5.21 Å². The molecule has 106 valence electrons. The van der Waals surface area contributed by atoms with Gasteiger partial charge in [-0.05, 0) is 37.6 Å².